The summed E-state index contributed by atoms with van der Waals surface area (Å²) in [6.45, 7) is 0. The number of rotatable bonds is 2. The quantitative estimate of drug-likeness (QED) is 0.148. The van der Waals surface area contributed by atoms with E-state index >= 15 is 0 Å². The van der Waals surface area contributed by atoms with Crippen molar-refractivity contribution in [1.82, 2.24) is 9.97 Å². The Morgan fingerprint density at radius 1 is 0.378 bits per heavy atom. The molecular weight excluding hydrogens is 565 g/mol. The van der Waals surface area contributed by atoms with Crippen LogP contribution in [0.2, 0.25) is 0 Å². The highest BCUT2D eigenvalue weighted by molar-refractivity contribution is 7.26. The van der Waals surface area contributed by atoms with E-state index in [0.717, 1.165) is 17.0 Å². The summed E-state index contributed by atoms with van der Waals surface area (Å²) in [6.07, 6.45) is 3.84. The fourth-order valence-corrected chi connectivity index (χ4v) is 8.36. The summed E-state index contributed by atoms with van der Waals surface area (Å²) in [5.74, 6) is 0. The molecule has 0 saturated carbocycles. The smallest absolute Gasteiger partial charge is 0.106 e. The van der Waals surface area contributed by atoms with Crippen LogP contribution in [0.15, 0.2) is 146 Å². The molecule has 0 bridgehead atoms. The average Bonchev–Trinajstić information content (AvgIpc) is 3.48. The Morgan fingerprint density at radius 2 is 0.978 bits per heavy atom. The van der Waals surface area contributed by atoms with Crippen LogP contribution in [0.5, 0.6) is 0 Å². The molecule has 0 amide bonds. The van der Waals surface area contributed by atoms with Gasteiger partial charge >= 0.3 is 0 Å². The monoisotopic (exact) mass is 588 g/mol. The normalized spacial score (nSPS) is 12.0. The third kappa shape index (κ3) is 3.75. The lowest BCUT2D eigenvalue weighted by atomic mass is 9.93. The van der Waals surface area contributed by atoms with Gasteiger partial charge in [0.15, 0.2) is 0 Å². The molecule has 3 heteroatoms. The van der Waals surface area contributed by atoms with E-state index in [1.165, 1.54) is 79.6 Å². The second-order valence-electron chi connectivity index (χ2n) is 11.8. The predicted molar refractivity (Wildman–Crippen MR) is 193 cm³/mol. The van der Waals surface area contributed by atoms with E-state index in [0.29, 0.717) is 0 Å². The first kappa shape index (κ1) is 24.8. The van der Waals surface area contributed by atoms with Crippen molar-refractivity contribution in [3.63, 3.8) is 0 Å². The molecule has 0 aliphatic carbocycles. The summed E-state index contributed by atoms with van der Waals surface area (Å²) >= 11 is 1.81. The van der Waals surface area contributed by atoms with E-state index in [9.17, 15) is 0 Å². The second kappa shape index (κ2) is 9.43. The van der Waals surface area contributed by atoms with E-state index in [2.05, 4.69) is 133 Å². The van der Waals surface area contributed by atoms with Crippen LogP contribution in [0.3, 0.4) is 0 Å². The van der Waals surface area contributed by atoms with E-state index in [-0.39, 0.29) is 0 Å². The highest BCUT2D eigenvalue weighted by Crippen LogP contribution is 2.44. The highest BCUT2D eigenvalue weighted by Gasteiger charge is 2.16. The van der Waals surface area contributed by atoms with Crippen molar-refractivity contribution in [2.24, 2.45) is 0 Å². The maximum Gasteiger partial charge on any atom is 0.106 e. The molecule has 3 heterocycles. The van der Waals surface area contributed by atoms with Gasteiger partial charge in [-0.15, -0.1) is 11.3 Å². The van der Waals surface area contributed by atoms with Gasteiger partial charge in [-0.05, 0) is 114 Å². The van der Waals surface area contributed by atoms with Crippen LogP contribution in [0.4, 0.5) is 0 Å². The molecular formula is C42H24N2S. The van der Waals surface area contributed by atoms with Crippen LogP contribution in [0.25, 0.3) is 96.5 Å². The Balaban J connectivity index is 1.16. The van der Waals surface area contributed by atoms with Crippen molar-refractivity contribution >= 4 is 85.4 Å². The molecule has 0 N–H and O–H groups in total. The lowest BCUT2D eigenvalue weighted by Crippen LogP contribution is -1.89. The zero-order valence-electron chi connectivity index (χ0n) is 24.2. The van der Waals surface area contributed by atoms with Gasteiger partial charge in [0.1, 0.15) is 5.69 Å². The molecule has 0 atom stereocenters. The molecule has 2 nitrogen and oxygen atoms in total. The van der Waals surface area contributed by atoms with Crippen molar-refractivity contribution in [2.75, 3.05) is 0 Å². The zero-order chi connectivity index (χ0) is 29.5. The number of thiophene rings is 1. The van der Waals surface area contributed by atoms with Gasteiger partial charge in [0.05, 0.1) is 10.4 Å². The number of fused-ring (bicyclic) bond motifs is 11. The lowest BCUT2D eigenvalue weighted by molar-refractivity contribution is 1.27. The molecule has 3 aromatic heterocycles. The van der Waals surface area contributed by atoms with Gasteiger partial charge in [-0.2, -0.15) is 0 Å². The third-order valence-electron chi connectivity index (χ3n) is 9.29. The molecule has 0 radical (unpaired) electrons. The first-order valence-corrected chi connectivity index (χ1v) is 16.0. The molecule has 0 spiro atoms. The molecule has 10 rings (SSSR count). The van der Waals surface area contributed by atoms with Gasteiger partial charge in [0.2, 0.25) is 0 Å². The van der Waals surface area contributed by atoms with Gasteiger partial charge in [-0.3, -0.25) is 9.97 Å². The molecule has 10 aromatic rings. The van der Waals surface area contributed by atoms with Gasteiger partial charge < -0.3 is 0 Å². The fraction of sp³-hybridized carbons (Fsp3) is 0. The molecule has 0 aliphatic rings. The van der Waals surface area contributed by atoms with E-state index in [1.54, 1.807) is 0 Å². The Hall–Kier alpha value is -5.64. The highest BCUT2D eigenvalue weighted by atomic mass is 32.1. The van der Waals surface area contributed by atoms with Gasteiger partial charge in [-0.25, -0.2) is 0 Å². The van der Waals surface area contributed by atoms with Gasteiger partial charge in [0, 0.05) is 27.9 Å². The van der Waals surface area contributed by atoms with Gasteiger partial charge in [0.25, 0.3) is 0 Å². The Bertz CT molecular complexity index is 2830. The first-order valence-electron chi connectivity index (χ1n) is 15.2. The van der Waals surface area contributed by atoms with Crippen LogP contribution in [0, 0.1) is 0 Å². The topological polar surface area (TPSA) is 25.8 Å². The molecule has 7 aromatic carbocycles. The Morgan fingerprint density at radius 3 is 1.73 bits per heavy atom. The number of hydrogen-bond donors (Lipinski definition) is 0. The molecule has 0 saturated heterocycles. The Kier molecular flexibility index (Phi) is 5.19. The minimum absolute atomic E-state index is 0.892. The average molecular weight is 589 g/mol. The second-order valence-corrected chi connectivity index (χ2v) is 12.9. The van der Waals surface area contributed by atoms with Crippen molar-refractivity contribution in [1.29, 1.82) is 0 Å². The fourth-order valence-electron chi connectivity index (χ4n) is 7.14. The maximum atomic E-state index is 4.91. The summed E-state index contributed by atoms with van der Waals surface area (Å²) in [5, 5.41) is 15.3. The SMILES string of the molecule is c1ccc2cc3cc(-c4ccnc(-c5nccc6c5sc5cc7c8ccccc8c8ccccc8c7cc56)c4)ccc3cc2c1. The molecule has 0 fully saturated rings. The number of hydrogen-bond acceptors (Lipinski definition) is 3. The summed E-state index contributed by atoms with van der Waals surface area (Å²) in [4.78, 5) is 9.75. The molecule has 45 heavy (non-hydrogen) atoms. The minimum atomic E-state index is 0.892. The first-order chi connectivity index (χ1) is 22.3. The number of pyridine rings is 2. The third-order valence-corrected chi connectivity index (χ3v) is 10.5. The molecule has 0 unspecified atom stereocenters. The van der Waals surface area contributed by atoms with E-state index < -0.39 is 0 Å². The standard InChI is InChI=1S/C42H24N2S/c1-2-8-26-20-30-21-27(13-14-28(30)19-25(26)7-1)29-15-17-43-39(22-29)41-42-35(16-18-44-41)38-23-36-33-11-5-3-9-31(33)32-10-4-6-12-34(32)37(36)24-40(38)45-42/h1-24H. The van der Waals surface area contributed by atoms with E-state index in [1.807, 2.05) is 23.7 Å². The van der Waals surface area contributed by atoms with Gasteiger partial charge in [-0.1, -0.05) is 84.9 Å². The summed E-state index contributed by atoms with van der Waals surface area (Å²) < 4.78 is 2.44. The lowest BCUT2D eigenvalue weighted by Gasteiger charge is -2.10. The van der Waals surface area contributed by atoms with Crippen LogP contribution in [-0.4, -0.2) is 9.97 Å². The zero-order valence-corrected chi connectivity index (χ0v) is 25.0. The number of aromatic nitrogens is 2. The summed E-state index contributed by atoms with van der Waals surface area (Å²) in [6, 6.07) is 48.6. The molecule has 0 aliphatic heterocycles. The van der Waals surface area contributed by atoms with Crippen LogP contribution >= 0.6 is 11.3 Å². The maximum absolute atomic E-state index is 4.91. The van der Waals surface area contributed by atoms with Crippen molar-refractivity contribution < 1.29 is 0 Å². The summed E-state index contributed by atoms with van der Waals surface area (Å²) in [7, 11) is 0. The van der Waals surface area contributed by atoms with Crippen molar-refractivity contribution in [2.45, 2.75) is 0 Å². The Labute approximate surface area is 262 Å². The van der Waals surface area contributed by atoms with Crippen LogP contribution < -0.4 is 0 Å². The van der Waals surface area contributed by atoms with Crippen molar-refractivity contribution in [3.8, 4) is 22.5 Å². The van der Waals surface area contributed by atoms with Crippen LogP contribution in [0.1, 0.15) is 0 Å². The van der Waals surface area contributed by atoms with Crippen LogP contribution in [-0.2, 0) is 0 Å². The summed E-state index contributed by atoms with van der Waals surface area (Å²) in [5.41, 5.74) is 4.14. The van der Waals surface area contributed by atoms with Crippen molar-refractivity contribution in [3.05, 3.63) is 146 Å². The largest absolute Gasteiger partial charge is 0.255 e. The predicted octanol–water partition coefficient (Wildman–Crippen LogP) is 11.9. The minimum Gasteiger partial charge on any atom is -0.255 e. The van der Waals surface area contributed by atoms with E-state index in [4.69, 9.17) is 9.97 Å². The molecule has 208 valence electrons. The number of benzene rings is 7. The number of nitrogens with zero attached hydrogens (tertiary/aromatic N) is 2.